The minimum Gasteiger partial charge on any atom is -0.444 e. The van der Waals surface area contributed by atoms with Crippen molar-refractivity contribution in [2.45, 2.75) is 46.6 Å². The third-order valence-corrected chi connectivity index (χ3v) is 3.89. The fourth-order valence-electron chi connectivity index (χ4n) is 2.90. The number of likely N-dealkylation sites (tertiary alicyclic amines) is 1. The number of halogens is 1. The zero-order valence-electron chi connectivity index (χ0n) is 14.4. The Balaban J connectivity index is 2.10. The predicted molar refractivity (Wildman–Crippen MR) is 86.1 cm³/mol. The Kier molecular flexibility index (Phi) is 4.78. The van der Waals surface area contributed by atoms with Crippen molar-refractivity contribution in [3.63, 3.8) is 0 Å². The van der Waals surface area contributed by atoms with E-state index in [0.29, 0.717) is 18.5 Å². The Morgan fingerprint density at radius 1 is 1.26 bits per heavy atom. The highest BCUT2D eigenvalue weighted by Crippen LogP contribution is 2.26. The number of aryl methyl sites for hydroxylation is 2. The largest absolute Gasteiger partial charge is 0.444 e. The first-order chi connectivity index (χ1) is 10.6. The number of hydrogen-bond acceptors (Lipinski definition) is 3. The predicted octanol–water partition coefficient (Wildman–Crippen LogP) is 3.88. The molecule has 0 N–H and O–H groups in total. The molecule has 0 aromatic heterocycles. The topological polar surface area (TPSA) is 46.6 Å². The van der Waals surface area contributed by atoms with Crippen LogP contribution in [0.1, 0.15) is 48.7 Å². The van der Waals surface area contributed by atoms with Crippen molar-refractivity contribution in [3.05, 3.63) is 34.6 Å². The summed E-state index contributed by atoms with van der Waals surface area (Å²) in [6, 6.07) is 3.18. The highest BCUT2D eigenvalue weighted by molar-refractivity contribution is 6.00. The molecule has 1 atom stereocenters. The summed E-state index contributed by atoms with van der Waals surface area (Å²) >= 11 is 0. The number of Topliss-reactive ketones (excluding diaryl/α,β-unsaturated/α-hetero) is 1. The second-order valence-corrected chi connectivity index (χ2v) is 7.21. The molecule has 0 radical (unpaired) electrons. The molecule has 1 amide bonds. The summed E-state index contributed by atoms with van der Waals surface area (Å²) in [5.74, 6) is -1.09. The lowest BCUT2D eigenvalue weighted by molar-refractivity contribution is 0.0289. The number of carbonyl (C=O) groups is 2. The van der Waals surface area contributed by atoms with Crippen molar-refractivity contribution in [1.82, 2.24) is 4.90 Å². The van der Waals surface area contributed by atoms with Crippen molar-refractivity contribution in [2.75, 3.05) is 13.1 Å². The summed E-state index contributed by atoms with van der Waals surface area (Å²) in [6.45, 7) is 9.67. The van der Waals surface area contributed by atoms with Gasteiger partial charge < -0.3 is 9.64 Å². The number of ether oxygens (including phenoxy) is 1. The molecule has 126 valence electrons. The summed E-state index contributed by atoms with van der Waals surface area (Å²) in [5, 5.41) is 0. The molecule has 1 saturated heterocycles. The second-order valence-electron chi connectivity index (χ2n) is 7.21. The molecule has 1 heterocycles. The van der Waals surface area contributed by atoms with E-state index in [0.717, 1.165) is 5.56 Å². The highest BCUT2D eigenvalue weighted by Gasteiger charge is 2.35. The van der Waals surface area contributed by atoms with E-state index >= 15 is 0 Å². The fraction of sp³-hybridized carbons (Fsp3) is 0.556. The summed E-state index contributed by atoms with van der Waals surface area (Å²) in [4.78, 5) is 26.2. The third kappa shape index (κ3) is 4.09. The molecular weight excluding hydrogens is 297 g/mol. The molecule has 1 fully saturated rings. The van der Waals surface area contributed by atoms with Crippen LogP contribution in [-0.4, -0.2) is 35.5 Å². The number of nitrogens with zero attached hydrogens (tertiary/aromatic N) is 1. The minimum absolute atomic E-state index is 0.145. The van der Waals surface area contributed by atoms with Gasteiger partial charge in [-0.2, -0.15) is 0 Å². The number of amides is 1. The molecule has 0 bridgehead atoms. The van der Waals surface area contributed by atoms with Gasteiger partial charge in [0.1, 0.15) is 11.4 Å². The van der Waals surface area contributed by atoms with Gasteiger partial charge in [-0.05, 0) is 58.2 Å². The summed E-state index contributed by atoms with van der Waals surface area (Å²) < 4.78 is 19.5. The van der Waals surface area contributed by atoms with E-state index in [-0.39, 0.29) is 23.8 Å². The van der Waals surface area contributed by atoms with Crippen LogP contribution in [0.3, 0.4) is 0 Å². The molecule has 5 heteroatoms. The minimum atomic E-state index is -0.571. The van der Waals surface area contributed by atoms with E-state index in [9.17, 15) is 14.0 Å². The van der Waals surface area contributed by atoms with E-state index in [1.807, 2.05) is 0 Å². The SMILES string of the molecule is Cc1cc(C)c(C(=O)C2CCN(C(=O)OC(C)(C)C)C2)c(F)c1. The van der Waals surface area contributed by atoms with Crippen molar-refractivity contribution in [2.24, 2.45) is 5.92 Å². The maximum atomic E-state index is 14.2. The van der Waals surface area contributed by atoms with Gasteiger partial charge in [0.25, 0.3) is 0 Å². The summed E-state index contributed by atoms with van der Waals surface area (Å²) in [5.41, 5.74) is 1.01. The van der Waals surface area contributed by atoms with Crippen molar-refractivity contribution < 1.29 is 18.7 Å². The quantitative estimate of drug-likeness (QED) is 0.777. The lowest BCUT2D eigenvalue weighted by Gasteiger charge is -2.24. The standard InChI is InChI=1S/C18H24FNO3/c1-11-8-12(2)15(14(19)9-11)16(21)13-6-7-20(10-13)17(22)23-18(3,4)5/h8-9,13H,6-7,10H2,1-5H3. The van der Waals surface area contributed by atoms with E-state index in [4.69, 9.17) is 4.74 Å². The molecule has 0 spiro atoms. The van der Waals surface area contributed by atoms with Gasteiger partial charge in [-0.1, -0.05) is 6.07 Å². The van der Waals surface area contributed by atoms with Crippen LogP contribution in [0.5, 0.6) is 0 Å². The van der Waals surface area contributed by atoms with Crippen LogP contribution in [0.4, 0.5) is 9.18 Å². The van der Waals surface area contributed by atoms with Gasteiger partial charge in [0, 0.05) is 19.0 Å². The smallest absolute Gasteiger partial charge is 0.410 e. The van der Waals surface area contributed by atoms with Crippen LogP contribution in [0.25, 0.3) is 0 Å². The number of hydrogen-bond donors (Lipinski definition) is 0. The van der Waals surface area contributed by atoms with Gasteiger partial charge in [-0.15, -0.1) is 0 Å². The van der Waals surface area contributed by atoms with Crippen LogP contribution in [0.2, 0.25) is 0 Å². The second kappa shape index (κ2) is 6.30. The van der Waals surface area contributed by atoms with Crippen molar-refractivity contribution >= 4 is 11.9 Å². The van der Waals surface area contributed by atoms with Crippen LogP contribution in [-0.2, 0) is 4.74 Å². The molecule has 0 saturated carbocycles. The lowest BCUT2D eigenvalue weighted by atomic mass is 9.92. The lowest BCUT2D eigenvalue weighted by Crippen LogP contribution is -2.36. The number of carbonyl (C=O) groups excluding carboxylic acids is 2. The number of rotatable bonds is 2. The normalized spacial score (nSPS) is 18.2. The van der Waals surface area contributed by atoms with Gasteiger partial charge in [0.05, 0.1) is 5.56 Å². The van der Waals surface area contributed by atoms with Crippen LogP contribution >= 0.6 is 0 Å². The average Bonchev–Trinajstić information content (AvgIpc) is 2.84. The van der Waals surface area contributed by atoms with Crippen molar-refractivity contribution in [3.8, 4) is 0 Å². The summed E-state index contributed by atoms with van der Waals surface area (Å²) in [6.07, 6.45) is 0.110. The van der Waals surface area contributed by atoms with Crippen LogP contribution in [0.15, 0.2) is 12.1 Å². The van der Waals surface area contributed by atoms with Gasteiger partial charge in [0.15, 0.2) is 5.78 Å². The van der Waals surface area contributed by atoms with Gasteiger partial charge >= 0.3 is 6.09 Å². The van der Waals surface area contributed by atoms with E-state index in [1.54, 1.807) is 40.7 Å². The number of benzene rings is 1. The molecule has 0 aliphatic carbocycles. The Labute approximate surface area is 136 Å². The maximum Gasteiger partial charge on any atom is 0.410 e. The zero-order chi connectivity index (χ0) is 17.4. The first kappa shape index (κ1) is 17.4. The first-order valence-corrected chi connectivity index (χ1v) is 7.87. The van der Waals surface area contributed by atoms with E-state index < -0.39 is 17.5 Å². The van der Waals surface area contributed by atoms with Crippen LogP contribution < -0.4 is 0 Å². The Hall–Kier alpha value is -1.91. The van der Waals surface area contributed by atoms with Crippen LogP contribution in [0, 0.1) is 25.6 Å². The highest BCUT2D eigenvalue weighted by atomic mass is 19.1. The first-order valence-electron chi connectivity index (χ1n) is 7.87. The average molecular weight is 321 g/mol. The molecular formula is C18H24FNO3. The molecule has 1 aromatic rings. The summed E-state index contributed by atoms with van der Waals surface area (Å²) in [7, 11) is 0. The van der Waals surface area contributed by atoms with E-state index in [2.05, 4.69) is 0 Å². The molecule has 23 heavy (non-hydrogen) atoms. The molecule has 1 aliphatic heterocycles. The Morgan fingerprint density at radius 3 is 2.48 bits per heavy atom. The van der Waals surface area contributed by atoms with E-state index in [1.165, 1.54) is 11.0 Å². The monoisotopic (exact) mass is 321 g/mol. The maximum absolute atomic E-state index is 14.2. The number of ketones is 1. The third-order valence-electron chi connectivity index (χ3n) is 3.89. The molecule has 1 unspecified atom stereocenters. The molecule has 1 aromatic carbocycles. The molecule has 1 aliphatic rings. The van der Waals surface area contributed by atoms with Gasteiger partial charge in [-0.3, -0.25) is 4.79 Å². The molecule has 2 rings (SSSR count). The Bertz CT molecular complexity index is 611. The Morgan fingerprint density at radius 2 is 1.91 bits per heavy atom. The van der Waals surface area contributed by atoms with Gasteiger partial charge in [-0.25, -0.2) is 9.18 Å². The molecule has 4 nitrogen and oxygen atoms in total. The zero-order valence-corrected chi connectivity index (χ0v) is 14.4. The fourth-order valence-corrected chi connectivity index (χ4v) is 2.90. The van der Waals surface area contributed by atoms with Crippen molar-refractivity contribution in [1.29, 1.82) is 0 Å². The van der Waals surface area contributed by atoms with Gasteiger partial charge in [0.2, 0.25) is 0 Å².